The molecule has 0 bridgehead atoms. The van der Waals surface area contributed by atoms with Crippen molar-refractivity contribution in [1.29, 1.82) is 0 Å². The van der Waals surface area contributed by atoms with Crippen molar-refractivity contribution >= 4 is 102 Å². The van der Waals surface area contributed by atoms with Crippen molar-refractivity contribution in [1.82, 2.24) is 0 Å². The van der Waals surface area contributed by atoms with Crippen LogP contribution < -0.4 is 5.11 Å². The van der Waals surface area contributed by atoms with Crippen molar-refractivity contribution < 1.29 is 31.0 Å². The fourth-order valence-electron chi connectivity index (χ4n) is 3.31. The van der Waals surface area contributed by atoms with Crippen LogP contribution in [0.2, 0.25) is 0 Å². The molecule has 0 aliphatic rings. The van der Waals surface area contributed by atoms with Crippen LogP contribution in [0, 0.1) is 0 Å². The van der Waals surface area contributed by atoms with E-state index in [0.29, 0.717) is 10.8 Å². The van der Waals surface area contributed by atoms with Crippen LogP contribution >= 0.6 is 0 Å². The van der Waals surface area contributed by atoms with Gasteiger partial charge in [-0.25, -0.2) is 8.42 Å². The summed E-state index contributed by atoms with van der Waals surface area (Å²) in [5.74, 6) is -0.217. The molecule has 32 heavy (non-hydrogen) atoms. The Kier molecular flexibility index (Phi) is 7.14. The van der Waals surface area contributed by atoms with E-state index < -0.39 is 30.0 Å². The van der Waals surface area contributed by atoms with Crippen molar-refractivity contribution in [3.63, 3.8) is 0 Å². The van der Waals surface area contributed by atoms with Gasteiger partial charge in [0, 0.05) is 16.2 Å². The Bertz CT molecular complexity index is 1600. The maximum atomic E-state index is 12.1. The maximum absolute atomic E-state index is 12.1. The van der Waals surface area contributed by atoms with Crippen LogP contribution in [0.25, 0.3) is 21.5 Å². The molecule has 0 aliphatic carbocycles. The first-order valence-corrected chi connectivity index (χ1v) is 11.5. The molecule has 0 saturated heterocycles. The van der Waals surface area contributed by atoms with Crippen LogP contribution in [0.4, 0.5) is 11.4 Å². The summed E-state index contributed by atoms with van der Waals surface area (Å²) >= 11 is 0. The van der Waals surface area contributed by atoms with Gasteiger partial charge in [0.25, 0.3) is 10.1 Å². The normalized spacial score (nSPS) is 12.3. The van der Waals surface area contributed by atoms with Gasteiger partial charge >= 0.3 is 48.9 Å². The molecule has 4 aromatic carbocycles. The van der Waals surface area contributed by atoms with Crippen molar-refractivity contribution in [2.45, 2.75) is 9.79 Å². The minimum Gasteiger partial charge on any atom is -0.872 e. The Morgan fingerprint density at radius 2 is 1.28 bits per heavy atom. The third-order valence-electron chi connectivity index (χ3n) is 4.61. The molecule has 0 atom stereocenters. The summed E-state index contributed by atoms with van der Waals surface area (Å²) in [6.45, 7) is 0. The molecule has 0 spiro atoms. The van der Waals surface area contributed by atoms with E-state index in [-0.39, 0.29) is 76.8 Å². The van der Waals surface area contributed by atoms with Gasteiger partial charge in [-0.3, -0.25) is 4.55 Å². The molecule has 4 rings (SSSR count). The van der Waals surface area contributed by atoms with Crippen LogP contribution in [0.1, 0.15) is 0 Å². The van der Waals surface area contributed by atoms with Gasteiger partial charge in [0.1, 0.15) is 20.7 Å². The first kappa shape index (κ1) is 24.8. The van der Waals surface area contributed by atoms with Gasteiger partial charge in [-0.05, 0) is 23.6 Å². The predicted molar refractivity (Wildman–Crippen MR) is 115 cm³/mol. The third kappa shape index (κ3) is 4.76. The summed E-state index contributed by atoms with van der Waals surface area (Å²) in [5.41, 5.74) is 0.0122. The zero-order valence-electron chi connectivity index (χ0n) is 16.2. The SMILES string of the molecule is O=S(=O)([O-])c1cccc2c(S(=O)(=O)O)c(N=Nc3ccc([O-])c4ccccc34)ccc12.[Ba+2]. The molecule has 158 valence electrons. The van der Waals surface area contributed by atoms with Crippen molar-refractivity contribution in [3.8, 4) is 5.75 Å². The van der Waals surface area contributed by atoms with Crippen molar-refractivity contribution in [2.75, 3.05) is 0 Å². The molecule has 0 heterocycles. The predicted octanol–water partition coefficient (Wildman–Crippen LogP) is 3.25. The van der Waals surface area contributed by atoms with Crippen LogP contribution in [0.3, 0.4) is 0 Å². The first-order valence-electron chi connectivity index (χ1n) is 8.67. The fourth-order valence-corrected chi connectivity index (χ4v) is 4.83. The van der Waals surface area contributed by atoms with Gasteiger partial charge in [-0.1, -0.05) is 48.5 Å². The molecule has 0 radical (unpaired) electrons. The van der Waals surface area contributed by atoms with Crippen LogP contribution in [-0.4, -0.2) is 74.8 Å². The van der Waals surface area contributed by atoms with Crippen LogP contribution in [0.5, 0.6) is 5.75 Å². The van der Waals surface area contributed by atoms with E-state index in [4.69, 9.17) is 0 Å². The van der Waals surface area contributed by atoms with Crippen LogP contribution in [0.15, 0.2) is 86.7 Å². The Morgan fingerprint density at radius 3 is 1.94 bits per heavy atom. The topological polar surface area (TPSA) is 159 Å². The third-order valence-corrected chi connectivity index (χ3v) is 6.44. The van der Waals surface area contributed by atoms with E-state index in [0.717, 1.165) is 12.1 Å². The molecular formula is C20H12BaN2O7S2. The van der Waals surface area contributed by atoms with Gasteiger partial charge in [0.15, 0.2) is 0 Å². The number of rotatable bonds is 4. The molecule has 0 saturated carbocycles. The summed E-state index contributed by atoms with van der Waals surface area (Å²) in [7, 11) is -9.77. The van der Waals surface area contributed by atoms with Crippen molar-refractivity contribution in [2.24, 2.45) is 10.2 Å². The second-order valence-electron chi connectivity index (χ2n) is 6.52. The van der Waals surface area contributed by atoms with E-state index >= 15 is 0 Å². The van der Waals surface area contributed by atoms with Gasteiger partial charge in [0.2, 0.25) is 0 Å². The number of benzene rings is 4. The van der Waals surface area contributed by atoms with E-state index in [1.165, 1.54) is 30.3 Å². The second-order valence-corrected chi connectivity index (χ2v) is 9.23. The maximum Gasteiger partial charge on any atom is 2.00 e. The van der Waals surface area contributed by atoms with E-state index in [2.05, 4.69) is 10.2 Å². The summed E-state index contributed by atoms with van der Waals surface area (Å²) in [6.07, 6.45) is 0. The fraction of sp³-hybridized carbons (Fsp3) is 0. The van der Waals surface area contributed by atoms with E-state index in [1.807, 2.05) is 0 Å². The molecule has 0 amide bonds. The zero-order valence-corrected chi connectivity index (χ0v) is 22.2. The Hall–Kier alpha value is -1.81. The average Bonchev–Trinajstić information content (AvgIpc) is 2.71. The molecular weight excluding hydrogens is 582 g/mol. The number of nitrogens with zero attached hydrogens (tertiary/aromatic N) is 2. The van der Waals surface area contributed by atoms with E-state index in [9.17, 15) is 31.0 Å². The van der Waals surface area contributed by atoms with Gasteiger partial charge < -0.3 is 9.66 Å². The summed E-state index contributed by atoms with van der Waals surface area (Å²) in [4.78, 5) is -1.32. The summed E-state index contributed by atoms with van der Waals surface area (Å²) < 4.78 is 68.5. The molecule has 4 aromatic rings. The molecule has 9 nitrogen and oxygen atoms in total. The molecule has 0 fully saturated rings. The van der Waals surface area contributed by atoms with Crippen molar-refractivity contribution in [3.05, 3.63) is 66.7 Å². The number of fused-ring (bicyclic) bond motifs is 2. The largest absolute Gasteiger partial charge is 2.00 e. The number of hydrogen-bond acceptors (Lipinski definition) is 8. The Labute approximate surface area is 223 Å². The number of hydrogen-bond donors (Lipinski definition) is 1. The average molecular weight is 594 g/mol. The van der Waals surface area contributed by atoms with Gasteiger partial charge in [-0.15, -0.1) is 16.0 Å². The smallest absolute Gasteiger partial charge is 0.872 e. The second kappa shape index (κ2) is 9.21. The van der Waals surface area contributed by atoms with Crippen LogP contribution in [-0.2, 0) is 20.2 Å². The standard InChI is InChI=1S/C20H14N2O7S2.Ba/c23-18-11-10-16(12-4-1-2-5-13(12)18)21-22-17-9-8-14-15(20(17)31(27,28)29)6-3-7-19(14)30(24,25)26;/h1-11,23H,(H,24,25,26)(H,27,28,29);/q;+2/p-2. The number of azo groups is 1. The van der Waals surface area contributed by atoms with Gasteiger partial charge in [-0.2, -0.15) is 8.42 Å². The van der Waals surface area contributed by atoms with Gasteiger partial charge in [0.05, 0.1) is 10.6 Å². The molecule has 0 aromatic heterocycles. The summed E-state index contributed by atoms with van der Waals surface area (Å²) in [6, 6.07) is 15.2. The molecule has 0 unspecified atom stereocenters. The first-order chi connectivity index (χ1) is 14.6. The monoisotopic (exact) mass is 594 g/mol. The minimum absolute atomic E-state index is 0. The quantitative estimate of drug-likeness (QED) is 0.216. The van der Waals surface area contributed by atoms with E-state index in [1.54, 1.807) is 24.3 Å². The molecule has 0 aliphatic heterocycles. The minimum atomic E-state index is -4.90. The molecule has 12 heteroatoms. The Morgan fingerprint density at radius 1 is 0.688 bits per heavy atom. The summed E-state index contributed by atoms with van der Waals surface area (Å²) in [5, 5.41) is 20.5. The zero-order chi connectivity index (χ0) is 22.4. The Balaban J connectivity index is 0.00000289. The molecule has 1 N–H and O–H groups in total.